The molecule has 0 amide bonds. The number of rotatable bonds is 7. The predicted molar refractivity (Wildman–Crippen MR) is 79.0 cm³/mol. The molecule has 1 aromatic carbocycles. The van der Waals surface area contributed by atoms with Gasteiger partial charge >= 0.3 is 0 Å². The van der Waals surface area contributed by atoms with Gasteiger partial charge in [-0.15, -0.1) is 0 Å². The molecule has 0 aliphatic heterocycles. The van der Waals surface area contributed by atoms with E-state index < -0.39 is 10.0 Å². The van der Waals surface area contributed by atoms with Crippen molar-refractivity contribution in [2.75, 3.05) is 17.0 Å². The fraction of sp³-hybridized carbons (Fsp3) is 0.571. The highest BCUT2D eigenvalue weighted by atomic mass is 32.2. The molecule has 5 heteroatoms. The Balaban J connectivity index is 1.92. The van der Waals surface area contributed by atoms with Crippen LogP contribution in [0.4, 0.5) is 5.69 Å². The van der Waals surface area contributed by atoms with Crippen LogP contribution in [-0.4, -0.2) is 26.8 Å². The lowest BCUT2D eigenvalue weighted by molar-refractivity contribution is 0.595. The number of nitrogens with one attached hydrogen (secondary N) is 2. The van der Waals surface area contributed by atoms with Crippen LogP contribution in [0, 0.1) is 0 Å². The monoisotopic (exact) mass is 282 g/mol. The van der Waals surface area contributed by atoms with Gasteiger partial charge in [0, 0.05) is 18.3 Å². The third-order valence-corrected chi connectivity index (χ3v) is 4.50. The number of hydrogen-bond acceptors (Lipinski definition) is 3. The van der Waals surface area contributed by atoms with Crippen LogP contribution in [0.15, 0.2) is 24.3 Å². The molecular formula is C14H22N2O2S. The van der Waals surface area contributed by atoms with Crippen molar-refractivity contribution in [3.8, 4) is 0 Å². The first-order chi connectivity index (χ1) is 8.96. The lowest BCUT2D eigenvalue weighted by atomic mass is 10.0. The Labute approximate surface area is 115 Å². The molecule has 1 aliphatic carbocycles. The van der Waals surface area contributed by atoms with Gasteiger partial charge < -0.3 is 5.32 Å². The van der Waals surface area contributed by atoms with Crippen molar-refractivity contribution in [3.05, 3.63) is 29.8 Å². The van der Waals surface area contributed by atoms with Crippen molar-refractivity contribution in [2.24, 2.45) is 0 Å². The normalized spacial score (nSPS) is 15.7. The Kier molecular flexibility index (Phi) is 4.47. The van der Waals surface area contributed by atoms with Crippen molar-refractivity contribution in [1.82, 2.24) is 5.32 Å². The summed E-state index contributed by atoms with van der Waals surface area (Å²) in [4.78, 5) is 0. The summed E-state index contributed by atoms with van der Waals surface area (Å²) in [7, 11) is -3.26. The Bertz CT molecular complexity index is 522. The Morgan fingerprint density at radius 3 is 2.68 bits per heavy atom. The van der Waals surface area contributed by atoms with E-state index in [4.69, 9.17) is 0 Å². The van der Waals surface area contributed by atoms with Crippen LogP contribution < -0.4 is 10.0 Å². The minimum atomic E-state index is -3.26. The minimum Gasteiger partial charge on any atom is -0.313 e. The van der Waals surface area contributed by atoms with Gasteiger partial charge in [-0.25, -0.2) is 8.42 Å². The molecular weight excluding hydrogens is 260 g/mol. The summed E-state index contributed by atoms with van der Waals surface area (Å²) in [6.45, 7) is 4.70. The summed E-state index contributed by atoms with van der Waals surface area (Å²) in [5, 5.41) is 3.21. The van der Waals surface area contributed by atoms with Gasteiger partial charge in [-0.3, -0.25) is 4.72 Å². The van der Waals surface area contributed by atoms with E-state index >= 15 is 0 Å². The second-order valence-corrected chi connectivity index (χ2v) is 7.27. The smallest absolute Gasteiger partial charge is 0.233 e. The van der Waals surface area contributed by atoms with Gasteiger partial charge in [0.2, 0.25) is 10.0 Å². The number of hydrogen-bond donors (Lipinski definition) is 2. The van der Waals surface area contributed by atoms with Crippen LogP contribution in [0.3, 0.4) is 0 Å². The Morgan fingerprint density at radius 1 is 1.32 bits per heavy atom. The van der Waals surface area contributed by atoms with Crippen LogP contribution in [0.2, 0.25) is 0 Å². The third-order valence-electron chi connectivity index (χ3n) is 3.21. The van der Waals surface area contributed by atoms with Crippen LogP contribution in [0.5, 0.6) is 0 Å². The molecule has 2 N–H and O–H groups in total. The van der Waals surface area contributed by atoms with Gasteiger partial charge in [0.1, 0.15) is 0 Å². The minimum absolute atomic E-state index is 0.120. The molecule has 0 saturated heterocycles. The molecule has 0 radical (unpaired) electrons. The van der Waals surface area contributed by atoms with E-state index in [0.29, 0.717) is 24.2 Å². The zero-order valence-corrected chi connectivity index (χ0v) is 12.3. The molecule has 0 unspecified atom stereocenters. The summed E-state index contributed by atoms with van der Waals surface area (Å²) >= 11 is 0. The topological polar surface area (TPSA) is 58.2 Å². The first-order valence-electron chi connectivity index (χ1n) is 6.80. The summed E-state index contributed by atoms with van der Waals surface area (Å²) in [5.74, 6) is 0.510. The zero-order valence-electron chi connectivity index (χ0n) is 11.5. The summed E-state index contributed by atoms with van der Waals surface area (Å²) in [6.07, 6.45) is 2.34. The summed E-state index contributed by atoms with van der Waals surface area (Å²) < 4.78 is 26.5. The van der Waals surface area contributed by atoms with Gasteiger partial charge in [-0.1, -0.05) is 26.0 Å². The number of sulfonamides is 1. The van der Waals surface area contributed by atoms with Crippen molar-refractivity contribution >= 4 is 15.7 Å². The van der Waals surface area contributed by atoms with Crippen LogP contribution in [0.1, 0.15) is 38.2 Å². The first-order valence-corrected chi connectivity index (χ1v) is 8.45. The number of anilines is 1. The second-order valence-electron chi connectivity index (χ2n) is 5.43. The standard InChI is InChI=1S/C14H22N2O2S/c1-11(2)12-4-3-5-14(10-12)16-19(17,18)9-8-15-13-6-7-13/h3-5,10-11,13,15-16H,6-9H2,1-2H3. The number of benzene rings is 1. The molecule has 1 saturated carbocycles. The van der Waals surface area contributed by atoms with Gasteiger partial charge in [-0.2, -0.15) is 0 Å². The summed E-state index contributed by atoms with van der Waals surface area (Å²) in [5.41, 5.74) is 1.79. The van der Waals surface area contributed by atoms with E-state index in [1.54, 1.807) is 6.07 Å². The highest BCUT2D eigenvalue weighted by Gasteiger charge is 2.21. The van der Waals surface area contributed by atoms with E-state index in [0.717, 1.165) is 5.56 Å². The van der Waals surface area contributed by atoms with E-state index in [2.05, 4.69) is 23.9 Å². The molecule has 2 rings (SSSR count). The SMILES string of the molecule is CC(C)c1cccc(NS(=O)(=O)CCNC2CC2)c1. The largest absolute Gasteiger partial charge is 0.313 e. The van der Waals surface area contributed by atoms with E-state index in [1.807, 2.05) is 18.2 Å². The van der Waals surface area contributed by atoms with Gasteiger partial charge in [0.25, 0.3) is 0 Å². The molecule has 4 nitrogen and oxygen atoms in total. The molecule has 0 heterocycles. The lowest BCUT2D eigenvalue weighted by Gasteiger charge is -2.11. The van der Waals surface area contributed by atoms with Crippen molar-refractivity contribution in [1.29, 1.82) is 0 Å². The molecule has 106 valence electrons. The average molecular weight is 282 g/mol. The molecule has 0 bridgehead atoms. The molecule has 19 heavy (non-hydrogen) atoms. The van der Waals surface area contributed by atoms with Gasteiger partial charge in [-0.05, 0) is 36.5 Å². The van der Waals surface area contributed by atoms with Crippen molar-refractivity contribution < 1.29 is 8.42 Å². The van der Waals surface area contributed by atoms with E-state index in [-0.39, 0.29) is 5.75 Å². The Morgan fingerprint density at radius 2 is 2.05 bits per heavy atom. The summed E-state index contributed by atoms with van der Waals surface area (Å²) in [6, 6.07) is 8.13. The molecule has 1 fully saturated rings. The second kappa shape index (κ2) is 5.92. The quantitative estimate of drug-likeness (QED) is 0.807. The van der Waals surface area contributed by atoms with Gasteiger partial charge in [0.15, 0.2) is 0 Å². The highest BCUT2D eigenvalue weighted by molar-refractivity contribution is 7.92. The maximum absolute atomic E-state index is 11.9. The molecule has 1 aliphatic rings. The van der Waals surface area contributed by atoms with Crippen LogP contribution in [0.25, 0.3) is 0 Å². The fourth-order valence-corrected chi connectivity index (χ4v) is 2.85. The van der Waals surface area contributed by atoms with E-state index in [1.165, 1.54) is 12.8 Å². The molecule has 1 aromatic rings. The maximum atomic E-state index is 11.9. The van der Waals surface area contributed by atoms with E-state index in [9.17, 15) is 8.42 Å². The fourth-order valence-electron chi connectivity index (χ4n) is 1.88. The zero-order chi connectivity index (χ0) is 13.9. The van der Waals surface area contributed by atoms with Gasteiger partial charge in [0.05, 0.1) is 5.75 Å². The molecule has 0 aromatic heterocycles. The predicted octanol–water partition coefficient (Wildman–Crippen LogP) is 2.30. The molecule has 0 atom stereocenters. The third kappa shape index (κ3) is 4.84. The van der Waals surface area contributed by atoms with Crippen molar-refractivity contribution in [2.45, 2.75) is 38.6 Å². The first kappa shape index (κ1) is 14.3. The maximum Gasteiger partial charge on any atom is 0.233 e. The van der Waals surface area contributed by atoms with Crippen molar-refractivity contribution in [3.63, 3.8) is 0 Å². The highest BCUT2D eigenvalue weighted by Crippen LogP contribution is 2.20. The Hall–Kier alpha value is -1.07. The lowest BCUT2D eigenvalue weighted by Crippen LogP contribution is -2.28. The van der Waals surface area contributed by atoms with Crippen LogP contribution in [-0.2, 0) is 10.0 Å². The average Bonchev–Trinajstić information content (AvgIpc) is 3.12. The van der Waals surface area contributed by atoms with Crippen LogP contribution >= 0.6 is 0 Å². The molecule has 0 spiro atoms.